The highest BCUT2D eigenvalue weighted by atomic mass is 35.5. The molecule has 2 aromatic heterocycles. The van der Waals surface area contributed by atoms with Crippen LogP contribution >= 0.6 is 23.2 Å². The molecule has 0 bridgehead atoms. The smallest absolute Gasteiger partial charge is 0.304 e. The summed E-state index contributed by atoms with van der Waals surface area (Å²) in [6.07, 6.45) is 0.514. The molecular weight excluding hydrogens is 377 g/mol. The monoisotopic (exact) mass is 387 g/mol. The quantitative estimate of drug-likeness (QED) is 0.497. The van der Waals surface area contributed by atoms with Crippen LogP contribution in [0.25, 0.3) is 5.69 Å². The van der Waals surface area contributed by atoms with Crippen molar-refractivity contribution < 1.29 is 9.53 Å². The van der Waals surface area contributed by atoms with Gasteiger partial charge in [-0.1, -0.05) is 41.4 Å². The summed E-state index contributed by atoms with van der Waals surface area (Å²) in [4.78, 5) is 20.6. The third-order valence-electron chi connectivity index (χ3n) is 3.77. The van der Waals surface area contributed by atoms with Crippen molar-refractivity contribution in [2.45, 2.75) is 13.2 Å². The Morgan fingerprint density at radius 3 is 2.77 bits per heavy atom. The second kappa shape index (κ2) is 6.51. The Hall–Kier alpha value is -2.77. The average molecular weight is 388 g/mol. The number of halogens is 2. The second-order valence-corrected chi connectivity index (χ2v) is 6.27. The minimum atomic E-state index is -0.991. The maximum atomic E-state index is 11.6. The Bertz CT molecular complexity index is 1050. The number of fused-ring (bicyclic) bond motifs is 3. The van der Waals surface area contributed by atoms with Crippen LogP contribution in [0.15, 0.2) is 47.7 Å². The predicted octanol–water partition coefficient (Wildman–Crippen LogP) is 3.38. The van der Waals surface area contributed by atoms with E-state index < -0.39 is 12.2 Å². The van der Waals surface area contributed by atoms with Gasteiger partial charge in [0.1, 0.15) is 17.2 Å². The molecule has 1 atom stereocenters. The molecule has 1 aromatic carbocycles. The van der Waals surface area contributed by atoms with Crippen LogP contribution in [0.5, 0.6) is 0 Å². The van der Waals surface area contributed by atoms with E-state index in [1.165, 1.54) is 13.3 Å². The van der Waals surface area contributed by atoms with Crippen LogP contribution in [0.2, 0.25) is 10.2 Å². The molecule has 0 radical (unpaired) electrons. The number of hydrogen-bond acceptors (Lipinski definition) is 6. The van der Waals surface area contributed by atoms with Crippen molar-refractivity contribution in [3.63, 3.8) is 0 Å². The Morgan fingerprint density at radius 2 is 2.00 bits per heavy atom. The van der Waals surface area contributed by atoms with E-state index in [9.17, 15) is 4.79 Å². The predicted molar refractivity (Wildman–Crippen MR) is 95.8 cm³/mol. The molecule has 0 saturated carbocycles. The zero-order valence-corrected chi connectivity index (χ0v) is 14.9. The van der Waals surface area contributed by atoms with Crippen LogP contribution in [0, 0.1) is 0 Å². The van der Waals surface area contributed by atoms with E-state index >= 15 is 0 Å². The number of ether oxygens (including phenoxy) is 1. The first-order valence-corrected chi connectivity index (χ1v) is 8.37. The van der Waals surface area contributed by atoms with Crippen molar-refractivity contribution >= 4 is 34.9 Å². The number of esters is 1. The fraction of sp³-hybridized carbons (Fsp3) is 0.118. The summed E-state index contributed by atoms with van der Waals surface area (Å²) in [6, 6.07) is 10.6. The van der Waals surface area contributed by atoms with E-state index in [-0.39, 0.29) is 0 Å². The second-order valence-electron chi connectivity index (χ2n) is 5.48. The number of hydrogen-bond donors (Lipinski definition) is 0. The largest absolute Gasteiger partial charge is 0.432 e. The minimum Gasteiger partial charge on any atom is -0.432 e. The molecule has 1 aliphatic heterocycles. The molecule has 3 aromatic rings. The maximum Gasteiger partial charge on any atom is 0.304 e. The number of rotatable bonds is 2. The lowest BCUT2D eigenvalue weighted by molar-refractivity contribution is -0.146. The summed E-state index contributed by atoms with van der Waals surface area (Å²) >= 11 is 12.5. The number of carbonyl (C=O) groups is 1. The van der Waals surface area contributed by atoms with Crippen LogP contribution < -0.4 is 0 Å². The van der Waals surface area contributed by atoms with E-state index in [1.54, 1.807) is 22.8 Å². The topological polar surface area (TPSA) is 82.3 Å². The van der Waals surface area contributed by atoms with Gasteiger partial charge in [-0.3, -0.25) is 9.36 Å². The summed E-state index contributed by atoms with van der Waals surface area (Å²) in [5.74, 6) is -0.142. The van der Waals surface area contributed by atoms with Gasteiger partial charge < -0.3 is 4.74 Å². The Labute approximate surface area is 158 Å². The van der Waals surface area contributed by atoms with Gasteiger partial charge in [0.15, 0.2) is 0 Å². The van der Waals surface area contributed by atoms with E-state index in [1.807, 2.05) is 18.2 Å². The molecule has 130 valence electrons. The van der Waals surface area contributed by atoms with Crippen molar-refractivity contribution in [1.29, 1.82) is 0 Å². The van der Waals surface area contributed by atoms with Gasteiger partial charge in [0, 0.05) is 12.5 Å². The van der Waals surface area contributed by atoms with Gasteiger partial charge in [0.05, 0.1) is 16.4 Å². The van der Waals surface area contributed by atoms with E-state index in [4.69, 9.17) is 27.9 Å². The number of carbonyl (C=O) groups excluding carboxylic acids is 1. The molecule has 9 heteroatoms. The lowest BCUT2D eigenvalue weighted by Crippen LogP contribution is -2.12. The van der Waals surface area contributed by atoms with E-state index in [0.29, 0.717) is 38.7 Å². The summed E-state index contributed by atoms with van der Waals surface area (Å²) in [5.41, 5.74) is 2.23. The van der Waals surface area contributed by atoms with Crippen LogP contribution in [-0.4, -0.2) is 31.4 Å². The van der Waals surface area contributed by atoms with E-state index in [2.05, 4.69) is 20.2 Å². The third-order valence-corrected chi connectivity index (χ3v) is 4.31. The first kappa shape index (κ1) is 16.7. The van der Waals surface area contributed by atoms with E-state index in [0.717, 1.165) is 0 Å². The standard InChI is InChI=1S/C17H11Cl2N5O2/c1-9(25)26-17-16-23-20-8-24(16)12-6-7-13(19)21-15(12)14(22-17)10-4-2-3-5-11(10)18/h2-8,17H,1H3. The Morgan fingerprint density at radius 1 is 1.19 bits per heavy atom. The fourth-order valence-corrected chi connectivity index (χ4v) is 3.09. The Balaban J connectivity index is 2.03. The molecule has 0 N–H and O–H groups in total. The van der Waals surface area contributed by atoms with Gasteiger partial charge in [-0.25, -0.2) is 9.98 Å². The Kier molecular flexibility index (Phi) is 4.18. The number of pyridine rings is 1. The van der Waals surface area contributed by atoms with Crippen LogP contribution in [-0.2, 0) is 9.53 Å². The van der Waals surface area contributed by atoms with Gasteiger partial charge in [-0.2, -0.15) is 0 Å². The van der Waals surface area contributed by atoms with Gasteiger partial charge in [-0.15, -0.1) is 10.2 Å². The molecule has 1 aliphatic rings. The molecule has 0 amide bonds. The summed E-state index contributed by atoms with van der Waals surface area (Å²) in [7, 11) is 0. The lowest BCUT2D eigenvalue weighted by Gasteiger charge is -2.12. The van der Waals surface area contributed by atoms with Crippen molar-refractivity contribution in [1.82, 2.24) is 19.7 Å². The molecule has 0 fully saturated rings. The maximum absolute atomic E-state index is 11.6. The van der Waals surface area contributed by atoms with Crippen molar-refractivity contribution in [2.24, 2.45) is 4.99 Å². The molecule has 0 saturated heterocycles. The first-order valence-electron chi connectivity index (χ1n) is 7.61. The number of aliphatic imine (C=N–C) groups is 1. The zero-order chi connectivity index (χ0) is 18.3. The average Bonchev–Trinajstić information content (AvgIpc) is 3.04. The molecule has 26 heavy (non-hydrogen) atoms. The van der Waals surface area contributed by atoms with Gasteiger partial charge in [0.2, 0.25) is 5.82 Å². The zero-order valence-electron chi connectivity index (χ0n) is 13.4. The number of benzene rings is 1. The summed E-state index contributed by atoms with van der Waals surface area (Å²) in [5, 5.41) is 8.74. The molecule has 1 unspecified atom stereocenters. The SMILES string of the molecule is CC(=O)OC1N=C(c2ccccc2Cl)c2nc(Cl)ccc2-n2cnnc21. The normalized spacial score (nSPS) is 15.5. The fourth-order valence-electron chi connectivity index (χ4n) is 2.72. The molecule has 7 nitrogen and oxygen atoms in total. The first-order chi connectivity index (χ1) is 12.5. The highest BCUT2D eigenvalue weighted by Gasteiger charge is 2.30. The van der Waals surface area contributed by atoms with Crippen LogP contribution in [0.4, 0.5) is 0 Å². The third kappa shape index (κ3) is 2.85. The van der Waals surface area contributed by atoms with Crippen molar-refractivity contribution in [3.05, 3.63) is 70.0 Å². The molecule has 4 rings (SSSR count). The number of nitrogens with zero attached hydrogens (tertiary/aromatic N) is 5. The van der Waals surface area contributed by atoms with Crippen molar-refractivity contribution in [3.8, 4) is 5.69 Å². The van der Waals surface area contributed by atoms with Gasteiger partial charge in [0.25, 0.3) is 6.23 Å². The summed E-state index contributed by atoms with van der Waals surface area (Å²) < 4.78 is 7.02. The molecular formula is C17H11Cl2N5O2. The minimum absolute atomic E-state index is 0.295. The highest BCUT2D eigenvalue weighted by Crippen LogP contribution is 2.31. The number of aromatic nitrogens is 4. The van der Waals surface area contributed by atoms with Gasteiger partial charge >= 0.3 is 5.97 Å². The molecule has 3 heterocycles. The lowest BCUT2D eigenvalue weighted by atomic mass is 10.1. The van der Waals surface area contributed by atoms with Crippen LogP contribution in [0.3, 0.4) is 0 Å². The van der Waals surface area contributed by atoms with Gasteiger partial charge in [-0.05, 0) is 18.2 Å². The van der Waals surface area contributed by atoms with Crippen LogP contribution in [0.1, 0.15) is 30.2 Å². The van der Waals surface area contributed by atoms with Crippen molar-refractivity contribution in [2.75, 3.05) is 0 Å². The molecule has 0 spiro atoms. The highest BCUT2D eigenvalue weighted by molar-refractivity contribution is 6.35. The summed E-state index contributed by atoms with van der Waals surface area (Å²) in [6.45, 7) is 1.30. The molecule has 0 aliphatic carbocycles.